The second-order valence-electron chi connectivity index (χ2n) is 5.68. The van der Waals surface area contributed by atoms with Crippen LogP contribution >= 0.6 is 0 Å². The standard InChI is InChI=1S/C15H18O3/c16-15(14-10-2-1-3-11(10)14)9-4-5-12-13(8-9)18-7-6-17-12/h4-5,8,10-11,14-16H,1-3,6-7H2. The Labute approximate surface area is 107 Å². The highest BCUT2D eigenvalue weighted by Gasteiger charge is 2.55. The van der Waals surface area contributed by atoms with Crippen LogP contribution in [0.1, 0.15) is 30.9 Å². The second kappa shape index (κ2) is 3.89. The van der Waals surface area contributed by atoms with Gasteiger partial charge in [0.05, 0.1) is 6.10 Å². The Hall–Kier alpha value is -1.22. The molecular formula is C15H18O3. The van der Waals surface area contributed by atoms with Crippen LogP contribution in [0.2, 0.25) is 0 Å². The van der Waals surface area contributed by atoms with Crippen LogP contribution in [-0.2, 0) is 0 Å². The third kappa shape index (κ3) is 1.53. The molecule has 96 valence electrons. The quantitative estimate of drug-likeness (QED) is 0.871. The fraction of sp³-hybridized carbons (Fsp3) is 0.600. The van der Waals surface area contributed by atoms with Gasteiger partial charge in [0.25, 0.3) is 0 Å². The minimum Gasteiger partial charge on any atom is -0.486 e. The third-order valence-corrected chi connectivity index (χ3v) is 4.75. The van der Waals surface area contributed by atoms with Gasteiger partial charge >= 0.3 is 0 Å². The van der Waals surface area contributed by atoms with E-state index in [1.807, 2.05) is 18.2 Å². The van der Waals surface area contributed by atoms with E-state index in [0.717, 1.165) is 28.9 Å². The van der Waals surface area contributed by atoms with Crippen molar-refractivity contribution < 1.29 is 14.6 Å². The van der Waals surface area contributed by atoms with Crippen LogP contribution in [0.4, 0.5) is 0 Å². The first-order valence-electron chi connectivity index (χ1n) is 6.92. The summed E-state index contributed by atoms with van der Waals surface area (Å²) in [5, 5.41) is 10.5. The SMILES string of the molecule is OC(c1ccc2c(c1)OCCO2)C1C2CCCC21. The highest BCUT2D eigenvalue weighted by atomic mass is 16.6. The zero-order valence-corrected chi connectivity index (χ0v) is 10.3. The summed E-state index contributed by atoms with van der Waals surface area (Å²) in [6, 6.07) is 5.85. The molecule has 0 aromatic heterocycles. The highest BCUT2D eigenvalue weighted by Crippen LogP contribution is 2.62. The Morgan fingerprint density at radius 1 is 1.06 bits per heavy atom. The molecule has 1 N–H and O–H groups in total. The lowest BCUT2D eigenvalue weighted by atomic mass is 9.99. The monoisotopic (exact) mass is 246 g/mol. The summed E-state index contributed by atoms with van der Waals surface area (Å²) in [6.07, 6.45) is 3.63. The van der Waals surface area contributed by atoms with Crippen molar-refractivity contribution in [1.29, 1.82) is 0 Å². The lowest BCUT2D eigenvalue weighted by molar-refractivity contribution is 0.134. The fourth-order valence-corrected chi connectivity index (χ4v) is 3.81. The Morgan fingerprint density at radius 3 is 2.56 bits per heavy atom. The molecule has 0 radical (unpaired) electrons. The Kier molecular flexibility index (Phi) is 2.31. The van der Waals surface area contributed by atoms with Gasteiger partial charge in [-0.05, 0) is 48.3 Å². The number of ether oxygens (including phenoxy) is 2. The van der Waals surface area contributed by atoms with Crippen LogP contribution < -0.4 is 9.47 Å². The molecule has 1 aromatic carbocycles. The van der Waals surface area contributed by atoms with Crippen LogP contribution in [-0.4, -0.2) is 18.3 Å². The molecule has 3 atom stereocenters. The smallest absolute Gasteiger partial charge is 0.161 e. The summed E-state index contributed by atoms with van der Waals surface area (Å²) in [5.41, 5.74) is 0.985. The third-order valence-electron chi connectivity index (χ3n) is 4.75. The van der Waals surface area contributed by atoms with Gasteiger partial charge in [-0.1, -0.05) is 12.5 Å². The molecule has 3 aliphatic rings. The summed E-state index contributed by atoms with van der Waals surface area (Å²) >= 11 is 0. The highest BCUT2D eigenvalue weighted by molar-refractivity contribution is 5.44. The van der Waals surface area contributed by atoms with Crippen LogP contribution in [0.3, 0.4) is 0 Å². The van der Waals surface area contributed by atoms with Crippen LogP contribution in [0.25, 0.3) is 0 Å². The van der Waals surface area contributed by atoms with Crippen LogP contribution in [0.5, 0.6) is 11.5 Å². The Balaban J connectivity index is 1.57. The van der Waals surface area contributed by atoms with Gasteiger partial charge in [-0.15, -0.1) is 0 Å². The van der Waals surface area contributed by atoms with E-state index in [1.165, 1.54) is 19.3 Å². The van der Waals surface area contributed by atoms with Gasteiger partial charge < -0.3 is 14.6 Å². The maximum Gasteiger partial charge on any atom is 0.161 e. The zero-order valence-electron chi connectivity index (χ0n) is 10.3. The largest absolute Gasteiger partial charge is 0.486 e. The molecular weight excluding hydrogens is 228 g/mol. The van der Waals surface area contributed by atoms with Gasteiger partial charge in [-0.2, -0.15) is 0 Å². The van der Waals surface area contributed by atoms with E-state index in [4.69, 9.17) is 9.47 Å². The van der Waals surface area contributed by atoms with Crippen LogP contribution in [0.15, 0.2) is 18.2 Å². The van der Waals surface area contributed by atoms with E-state index < -0.39 is 0 Å². The molecule has 1 aliphatic heterocycles. The number of aliphatic hydroxyl groups is 1. The molecule has 0 bridgehead atoms. The minimum absolute atomic E-state index is 0.323. The molecule has 1 aromatic rings. The van der Waals surface area contributed by atoms with Gasteiger partial charge in [0, 0.05) is 0 Å². The normalized spacial score (nSPS) is 33.9. The van der Waals surface area contributed by atoms with E-state index in [2.05, 4.69) is 0 Å². The Morgan fingerprint density at radius 2 is 1.78 bits per heavy atom. The van der Waals surface area contributed by atoms with Gasteiger partial charge in [0.15, 0.2) is 11.5 Å². The van der Waals surface area contributed by atoms with Crippen molar-refractivity contribution in [1.82, 2.24) is 0 Å². The number of aliphatic hydroxyl groups excluding tert-OH is 1. The van der Waals surface area contributed by atoms with Crippen molar-refractivity contribution >= 4 is 0 Å². The summed E-state index contributed by atoms with van der Waals surface area (Å²) < 4.78 is 11.1. The molecule has 3 nitrogen and oxygen atoms in total. The number of hydrogen-bond donors (Lipinski definition) is 1. The molecule has 0 saturated heterocycles. The van der Waals surface area contributed by atoms with E-state index in [0.29, 0.717) is 19.1 Å². The molecule has 0 spiro atoms. The molecule has 1 heterocycles. The van der Waals surface area contributed by atoms with E-state index in [9.17, 15) is 5.11 Å². The molecule has 4 rings (SSSR count). The predicted octanol–water partition coefficient (Wildman–Crippen LogP) is 2.54. The molecule has 2 aliphatic carbocycles. The van der Waals surface area contributed by atoms with Crippen molar-refractivity contribution in [3.05, 3.63) is 23.8 Å². The second-order valence-corrected chi connectivity index (χ2v) is 5.68. The first-order valence-corrected chi connectivity index (χ1v) is 6.92. The fourth-order valence-electron chi connectivity index (χ4n) is 3.81. The lowest BCUT2D eigenvalue weighted by Crippen LogP contribution is -2.16. The summed E-state index contributed by atoms with van der Waals surface area (Å²) in [6.45, 7) is 1.21. The van der Waals surface area contributed by atoms with Crippen molar-refractivity contribution in [2.75, 3.05) is 13.2 Å². The number of benzene rings is 1. The molecule has 18 heavy (non-hydrogen) atoms. The van der Waals surface area contributed by atoms with Gasteiger partial charge in [0.1, 0.15) is 13.2 Å². The van der Waals surface area contributed by atoms with Gasteiger partial charge in [0.2, 0.25) is 0 Å². The van der Waals surface area contributed by atoms with Crippen LogP contribution in [0, 0.1) is 17.8 Å². The van der Waals surface area contributed by atoms with E-state index in [-0.39, 0.29) is 6.10 Å². The summed E-state index contributed by atoms with van der Waals surface area (Å²) in [7, 11) is 0. The van der Waals surface area contributed by atoms with E-state index >= 15 is 0 Å². The van der Waals surface area contributed by atoms with Crippen molar-refractivity contribution in [2.24, 2.45) is 17.8 Å². The van der Waals surface area contributed by atoms with Crippen molar-refractivity contribution in [3.8, 4) is 11.5 Å². The Bertz CT molecular complexity index is 461. The van der Waals surface area contributed by atoms with Crippen molar-refractivity contribution in [3.63, 3.8) is 0 Å². The summed E-state index contributed by atoms with van der Waals surface area (Å²) in [5.74, 6) is 3.61. The number of rotatable bonds is 2. The van der Waals surface area contributed by atoms with Gasteiger partial charge in [-0.3, -0.25) is 0 Å². The van der Waals surface area contributed by atoms with E-state index in [1.54, 1.807) is 0 Å². The zero-order chi connectivity index (χ0) is 12.1. The first-order chi connectivity index (χ1) is 8.84. The topological polar surface area (TPSA) is 38.7 Å². The molecule has 3 unspecified atom stereocenters. The van der Waals surface area contributed by atoms with Crippen molar-refractivity contribution in [2.45, 2.75) is 25.4 Å². The summed E-state index contributed by atoms with van der Waals surface area (Å²) in [4.78, 5) is 0. The first kappa shape index (κ1) is 10.7. The maximum absolute atomic E-state index is 10.5. The maximum atomic E-state index is 10.5. The average Bonchev–Trinajstić information content (AvgIpc) is 2.90. The minimum atomic E-state index is -0.323. The molecule has 0 amide bonds. The molecule has 2 fully saturated rings. The number of hydrogen-bond acceptors (Lipinski definition) is 3. The molecule has 2 saturated carbocycles. The average molecular weight is 246 g/mol. The number of fused-ring (bicyclic) bond motifs is 2. The predicted molar refractivity (Wildman–Crippen MR) is 66.7 cm³/mol. The molecule has 3 heteroatoms. The van der Waals surface area contributed by atoms with Gasteiger partial charge in [-0.25, -0.2) is 0 Å². The lowest BCUT2D eigenvalue weighted by Gasteiger charge is -2.20.